The first-order chi connectivity index (χ1) is 10.0. The van der Waals surface area contributed by atoms with E-state index in [2.05, 4.69) is 5.32 Å². The van der Waals surface area contributed by atoms with E-state index in [9.17, 15) is 13.2 Å². The molecule has 2 atom stereocenters. The molecule has 110 valence electrons. The summed E-state index contributed by atoms with van der Waals surface area (Å²) in [6, 6.07) is 8.22. The SMILES string of the molecule is CC(NC1CCc2cc(F)ccc21)c1ccc(F)cc1F. The molecule has 2 aromatic carbocycles. The second-order valence-electron chi connectivity index (χ2n) is 5.49. The van der Waals surface area contributed by atoms with E-state index in [1.807, 2.05) is 6.92 Å². The molecule has 0 bridgehead atoms. The van der Waals surface area contributed by atoms with Crippen LogP contribution in [0.15, 0.2) is 36.4 Å². The van der Waals surface area contributed by atoms with Crippen molar-refractivity contribution in [3.05, 3.63) is 70.5 Å². The lowest BCUT2D eigenvalue weighted by atomic mass is 10.0. The minimum Gasteiger partial charge on any atom is -0.303 e. The summed E-state index contributed by atoms with van der Waals surface area (Å²) in [5.74, 6) is -1.36. The first-order valence-electron chi connectivity index (χ1n) is 7.04. The summed E-state index contributed by atoms with van der Waals surface area (Å²) in [4.78, 5) is 0. The fourth-order valence-corrected chi connectivity index (χ4v) is 3.00. The molecule has 0 spiro atoms. The van der Waals surface area contributed by atoms with E-state index in [4.69, 9.17) is 0 Å². The van der Waals surface area contributed by atoms with Gasteiger partial charge in [-0.3, -0.25) is 0 Å². The van der Waals surface area contributed by atoms with Crippen molar-refractivity contribution < 1.29 is 13.2 Å². The van der Waals surface area contributed by atoms with Crippen molar-refractivity contribution in [1.82, 2.24) is 5.32 Å². The predicted octanol–water partition coefficient (Wildman–Crippen LogP) is 4.44. The summed E-state index contributed by atoms with van der Waals surface area (Å²) in [6.07, 6.45) is 1.66. The van der Waals surface area contributed by atoms with E-state index >= 15 is 0 Å². The quantitative estimate of drug-likeness (QED) is 0.881. The Morgan fingerprint density at radius 1 is 1.05 bits per heavy atom. The van der Waals surface area contributed by atoms with Gasteiger partial charge in [-0.2, -0.15) is 0 Å². The second-order valence-corrected chi connectivity index (χ2v) is 5.49. The summed E-state index contributed by atoms with van der Waals surface area (Å²) in [5, 5.41) is 3.35. The Labute approximate surface area is 121 Å². The topological polar surface area (TPSA) is 12.0 Å². The molecule has 0 heterocycles. The van der Waals surface area contributed by atoms with Gasteiger partial charge >= 0.3 is 0 Å². The molecular weight excluding hydrogens is 275 g/mol. The highest BCUT2D eigenvalue weighted by Crippen LogP contribution is 2.33. The largest absolute Gasteiger partial charge is 0.303 e. The molecule has 0 radical (unpaired) electrons. The number of aryl methyl sites for hydroxylation is 1. The van der Waals surface area contributed by atoms with Crippen LogP contribution < -0.4 is 5.32 Å². The lowest BCUT2D eigenvalue weighted by Gasteiger charge is -2.21. The maximum Gasteiger partial charge on any atom is 0.130 e. The van der Waals surface area contributed by atoms with Crippen LogP contribution in [0.5, 0.6) is 0 Å². The van der Waals surface area contributed by atoms with Crippen molar-refractivity contribution in [3.63, 3.8) is 0 Å². The molecule has 0 amide bonds. The second kappa shape index (κ2) is 5.53. The zero-order valence-corrected chi connectivity index (χ0v) is 11.7. The number of fused-ring (bicyclic) bond motifs is 1. The molecule has 0 fully saturated rings. The molecule has 0 saturated heterocycles. The van der Waals surface area contributed by atoms with E-state index in [0.717, 1.165) is 30.0 Å². The molecule has 1 nitrogen and oxygen atoms in total. The van der Waals surface area contributed by atoms with Gasteiger partial charge in [0.2, 0.25) is 0 Å². The average molecular weight is 291 g/mol. The normalized spacial score (nSPS) is 18.6. The first-order valence-corrected chi connectivity index (χ1v) is 7.04. The number of rotatable bonds is 3. The highest BCUT2D eigenvalue weighted by molar-refractivity contribution is 5.35. The van der Waals surface area contributed by atoms with Crippen LogP contribution in [-0.2, 0) is 6.42 Å². The highest BCUT2D eigenvalue weighted by atomic mass is 19.1. The van der Waals surface area contributed by atoms with Crippen LogP contribution in [-0.4, -0.2) is 0 Å². The standard InChI is InChI=1S/C17H16F3N/c1-10(14-5-3-13(19)9-16(14)20)21-17-7-2-11-8-12(18)4-6-15(11)17/h3-6,8-10,17,21H,2,7H2,1H3. The van der Waals surface area contributed by atoms with Crippen molar-refractivity contribution in [3.8, 4) is 0 Å². The summed E-state index contributed by atoms with van der Waals surface area (Å²) >= 11 is 0. The van der Waals surface area contributed by atoms with Gasteiger partial charge in [-0.15, -0.1) is 0 Å². The zero-order chi connectivity index (χ0) is 15.0. The van der Waals surface area contributed by atoms with Crippen LogP contribution in [0, 0.1) is 17.5 Å². The maximum absolute atomic E-state index is 13.8. The van der Waals surface area contributed by atoms with Gasteiger partial charge in [0.25, 0.3) is 0 Å². The Bertz CT molecular complexity index is 669. The molecule has 2 aromatic rings. The fourth-order valence-electron chi connectivity index (χ4n) is 3.00. The van der Waals surface area contributed by atoms with E-state index in [1.165, 1.54) is 18.2 Å². The number of nitrogens with one attached hydrogen (secondary N) is 1. The van der Waals surface area contributed by atoms with E-state index < -0.39 is 11.6 Å². The zero-order valence-electron chi connectivity index (χ0n) is 11.7. The number of hydrogen-bond acceptors (Lipinski definition) is 1. The van der Waals surface area contributed by atoms with E-state index in [-0.39, 0.29) is 17.9 Å². The Morgan fingerprint density at radius 2 is 1.76 bits per heavy atom. The van der Waals surface area contributed by atoms with Crippen LogP contribution in [0.2, 0.25) is 0 Å². The maximum atomic E-state index is 13.8. The average Bonchev–Trinajstić information content (AvgIpc) is 2.80. The van der Waals surface area contributed by atoms with Gasteiger partial charge in [0, 0.05) is 23.7 Å². The molecule has 21 heavy (non-hydrogen) atoms. The van der Waals surface area contributed by atoms with Gasteiger partial charge in [-0.25, -0.2) is 13.2 Å². The van der Waals surface area contributed by atoms with Crippen LogP contribution in [0.25, 0.3) is 0 Å². The van der Waals surface area contributed by atoms with Gasteiger partial charge in [0.1, 0.15) is 17.5 Å². The fraction of sp³-hybridized carbons (Fsp3) is 0.294. The van der Waals surface area contributed by atoms with Crippen LogP contribution in [0.1, 0.15) is 42.1 Å². The molecule has 1 aliphatic carbocycles. The summed E-state index contributed by atoms with van der Waals surface area (Å²) in [6.45, 7) is 1.85. The molecule has 0 aromatic heterocycles. The third-order valence-electron chi connectivity index (χ3n) is 4.06. The van der Waals surface area contributed by atoms with Gasteiger partial charge in [-0.05, 0) is 49.1 Å². The summed E-state index contributed by atoms with van der Waals surface area (Å²) in [7, 11) is 0. The van der Waals surface area contributed by atoms with Crippen LogP contribution in [0.4, 0.5) is 13.2 Å². The minimum atomic E-state index is -0.579. The highest BCUT2D eigenvalue weighted by Gasteiger charge is 2.25. The molecular formula is C17H16F3N. The lowest BCUT2D eigenvalue weighted by Crippen LogP contribution is -2.23. The smallest absolute Gasteiger partial charge is 0.130 e. The molecule has 1 aliphatic rings. The van der Waals surface area contributed by atoms with Crippen molar-refractivity contribution in [1.29, 1.82) is 0 Å². The number of hydrogen-bond donors (Lipinski definition) is 1. The van der Waals surface area contributed by atoms with Crippen molar-refractivity contribution in [2.75, 3.05) is 0 Å². The first kappa shape index (κ1) is 14.1. The molecule has 0 saturated carbocycles. The third kappa shape index (κ3) is 2.81. The van der Waals surface area contributed by atoms with Gasteiger partial charge in [-0.1, -0.05) is 12.1 Å². The van der Waals surface area contributed by atoms with Crippen molar-refractivity contribution in [2.24, 2.45) is 0 Å². The Balaban J connectivity index is 1.79. The predicted molar refractivity (Wildman–Crippen MR) is 75.4 cm³/mol. The summed E-state index contributed by atoms with van der Waals surface area (Å²) < 4.78 is 40.0. The third-order valence-corrected chi connectivity index (χ3v) is 4.06. The molecule has 1 N–H and O–H groups in total. The Kier molecular flexibility index (Phi) is 3.72. The van der Waals surface area contributed by atoms with Gasteiger partial charge in [0.15, 0.2) is 0 Å². The lowest BCUT2D eigenvalue weighted by molar-refractivity contribution is 0.448. The van der Waals surface area contributed by atoms with Gasteiger partial charge < -0.3 is 5.32 Å². The van der Waals surface area contributed by atoms with Gasteiger partial charge in [0.05, 0.1) is 0 Å². The van der Waals surface area contributed by atoms with Crippen molar-refractivity contribution in [2.45, 2.75) is 31.8 Å². The molecule has 3 rings (SSSR count). The Hall–Kier alpha value is -1.81. The van der Waals surface area contributed by atoms with Crippen molar-refractivity contribution >= 4 is 0 Å². The number of halogens is 3. The Morgan fingerprint density at radius 3 is 2.52 bits per heavy atom. The van der Waals surface area contributed by atoms with Crippen LogP contribution >= 0.6 is 0 Å². The van der Waals surface area contributed by atoms with Crippen LogP contribution in [0.3, 0.4) is 0 Å². The molecule has 4 heteroatoms. The molecule has 0 aliphatic heterocycles. The molecule has 2 unspecified atom stereocenters. The number of benzene rings is 2. The monoisotopic (exact) mass is 291 g/mol. The summed E-state index contributed by atoms with van der Waals surface area (Å²) in [5.41, 5.74) is 2.50. The van der Waals surface area contributed by atoms with E-state index in [0.29, 0.717) is 5.56 Å². The minimum absolute atomic E-state index is 0.0695. The van der Waals surface area contributed by atoms with E-state index in [1.54, 1.807) is 12.1 Å².